The van der Waals surface area contributed by atoms with Gasteiger partial charge in [0.25, 0.3) is 11.8 Å². The minimum atomic E-state index is -0.933. The quantitative estimate of drug-likeness (QED) is 0.707. The number of carbonyl (C=O) groups is 4. The van der Waals surface area contributed by atoms with Crippen molar-refractivity contribution in [2.75, 3.05) is 19.6 Å². The normalized spacial score (nSPS) is 24.8. The van der Waals surface area contributed by atoms with E-state index in [-0.39, 0.29) is 18.7 Å². The lowest BCUT2D eigenvalue weighted by Gasteiger charge is -2.34. The van der Waals surface area contributed by atoms with Gasteiger partial charge in [0.05, 0.1) is 11.1 Å². The van der Waals surface area contributed by atoms with E-state index < -0.39 is 23.8 Å². The molecule has 2 unspecified atom stereocenters. The second kappa shape index (κ2) is 8.04. The number of nitrogens with one attached hydrogen (secondary N) is 2. The molecule has 29 heavy (non-hydrogen) atoms. The molecule has 0 aromatic heterocycles. The van der Waals surface area contributed by atoms with E-state index in [1.54, 1.807) is 12.1 Å². The summed E-state index contributed by atoms with van der Waals surface area (Å²) >= 11 is 0. The lowest BCUT2D eigenvalue weighted by molar-refractivity contribution is -0.136. The van der Waals surface area contributed by atoms with Crippen molar-refractivity contribution >= 4 is 23.6 Å². The first-order valence-electron chi connectivity index (χ1n) is 10.3. The molecule has 2 saturated heterocycles. The molecule has 3 heterocycles. The lowest BCUT2D eigenvalue weighted by atomic mass is 10.00. The van der Waals surface area contributed by atoms with Crippen LogP contribution in [0.2, 0.25) is 0 Å². The fourth-order valence-electron chi connectivity index (χ4n) is 4.58. The average molecular weight is 398 g/mol. The largest absolute Gasteiger partial charge is 0.315 e. The van der Waals surface area contributed by atoms with Crippen LogP contribution in [0.4, 0.5) is 0 Å². The molecular weight excluding hydrogens is 372 g/mol. The van der Waals surface area contributed by atoms with Crippen LogP contribution in [0.3, 0.4) is 0 Å². The fourth-order valence-corrected chi connectivity index (χ4v) is 4.58. The van der Waals surface area contributed by atoms with E-state index in [1.165, 1.54) is 0 Å². The van der Waals surface area contributed by atoms with Crippen LogP contribution in [0.25, 0.3) is 0 Å². The smallest absolute Gasteiger partial charge is 0.262 e. The van der Waals surface area contributed by atoms with Gasteiger partial charge in [-0.3, -0.25) is 34.3 Å². The number of hydrogen-bond acceptors (Lipinski definition) is 6. The first-order valence-corrected chi connectivity index (χ1v) is 10.3. The number of amides is 4. The third-order valence-electron chi connectivity index (χ3n) is 6.12. The number of hydrogen-bond donors (Lipinski definition) is 2. The predicted octanol–water partition coefficient (Wildman–Crippen LogP) is 0.662. The van der Waals surface area contributed by atoms with Crippen molar-refractivity contribution in [2.24, 2.45) is 0 Å². The molecule has 154 valence electrons. The van der Waals surface area contributed by atoms with Gasteiger partial charge in [0.1, 0.15) is 6.04 Å². The number of imide groups is 2. The Morgan fingerprint density at radius 3 is 2.66 bits per heavy atom. The molecule has 0 radical (unpaired) electrons. The average Bonchev–Trinajstić information content (AvgIpc) is 2.98. The Bertz CT molecular complexity index is 862. The van der Waals surface area contributed by atoms with Crippen molar-refractivity contribution < 1.29 is 19.2 Å². The highest BCUT2D eigenvalue weighted by atomic mass is 16.2. The molecule has 1 aromatic rings. The van der Waals surface area contributed by atoms with Crippen LogP contribution in [0.5, 0.6) is 0 Å². The summed E-state index contributed by atoms with van der Waals surface area (Å²) in [5, 5.41) is 5.65. The van der Waals surface area contributed by atoms with Crippen LogP contribution >= 0.6 is 0 Å². The topological polar surface area (TPSA) is 98.8 Å². The molecule has 0 bridgehead atoms. The molecule has 2 fully saturated rings. The van der Waals surface area contributed by atoms with Gasteiger partial charge in [0.15, 0.2) is 0 Å². The van der Waals surface area contributed by atoms with Crippen molar-refractivity contribution in [3.8, 4) is 0 Å². The summed E-state index contributed by atoms with van der Waals surface area (Å²) < 4.78 is 0. The van der Waals surface area contributed by atoms with Gasteiger partial charge < -0.3 is 5.32 Å². The van der Waals surface area contributed by atoms with Gasteiger partial charge in [0.2, 0.25) is 11.8 Å². The number of carbonyl (C=O) groups excluding carboxylic acids is 4. The Labute approximate surface area is 169 Å². The third kappa shape index (κ3) is 3.58. The molecule has 1 aromatic carbocycles. The van der Waals surface area contributed by atoms with Crippen LogP contribution in [0.1, 0.15) is 58.9 Å². The SMILES string of the molecule is CCN(Cc1cccc2c1C(=O)N(C1CCC(=O)NC1=O)C2=O)C1CCCNC1. The van der Waals surface area contributed by atoms with E-state index in [0.29, 0.717) is 23.7 Å². The van der Waals surface area contributed by atoms with Crippen LogP contribution in [-0.2, 0) is 16.1 Å². The number of benzene rings is 1. The van der Waals surface area contributed by atoms with Crippen molar-refractivity contribution in [3.63, 3.8) is 0 Å². The first-order chi connectivity index (χ1) is 14.0. The Kier molecular flexibility index (Phi) is 5.47. The van der Waals surface area contributed by atoms with E-state index in [9.17, 15) is 19.2 Å². The van der Waals surface area contributed by atoms with Crippen molar-refractivity contribution in [2.45, 2.75) is 51.2 Å². The number of nitrogens with zero attached hydrogens (tertiary/aromatic N) is 2. The number of fused-ring (bicyclic) bond motifs is 1. The predicted molar refractivity (Wildman–Crippen MR) is 105 cm³/mol. The standard InChI is InChI=1S/C21H26N4O4/c1-2-24(14-6-4-10-22-11-14)12-13-5-3-7-15-18(13)21(29)25(20(15)28)16-8-9-17(26)23-19(16)27/h3,5,7,14,16,22H,2,4,6,8-12H2,1H3,(H,23,26,27). The summed E-state index contributed by atoms with van der Waals surface area (Å²) in [7, 11) is 0. The highest BCUT2D eigenvalue weighted by Gasteiger charge is 2.45. The van der Waals surface area contributed by atoms with E-state index in [2.05, 4.69) is 22.5 Å². The maximum Gasteiger partial charge on any atom is 0.262 e. The van der Waals surface area contributed by atoms with E-state index in [0.717, 1.165) is 42.9 Å². The van der Waals surface area contributed by atoms with E-state index >= 15 is 0 Å². The van der Waals surface area contributed by atoms with Crippen molar-refractivity contribution in [3.05, 3.63) is 34.9 Å². The van der Waals surface area contributed by atoms with Gasteiger partial charge in [0, 0.05) is 25.6 Å². The van der Waals surface area contributed by atoms with E-state index in [1.807, 2.05) is 6.07 Å². The summed E-state index contributed by atoms with van der Waals surface area (Å²) in [4.78, 5) is 53.2. The van der Waals surface area contributed by atoms with Gasteiger partial charge in [-0.2, -0.15) is 0 Å². The van der Waals surface area contributed by atoms with E-state index in [4.69, 9.17) is 0 Å². The lowest BCUT2D eigenvalue weighted by Crippen LogP contribution is -2.54. The highest BCUT2D eigenvalue weighted by Crippen LogP contribution is 2.31. The Morgan fingerprint density at radius 1 is 1.14 bits per heavy atom. The molecule has 3 aliphatic heterocycles. The summed E-state index contributed by atoms with van der Waals surface area (Å²) in [6.45, 7) is 5.46. The monoisotopic (exact) mass is 398 g/mol. The maximum atomic E-state index is 13.2. The Morgan fingerprint density at radius 2 is 1.97 bits per heavy atom. The van der Waals surface area contributed by atoms with Crippen LogP contribution in [-0.4, -0.2) is 65.1 Å². The van der Waals surface area contributed by atoms with Gasteiger partial charge in [-0.1, -0.05) is 19.1 Å². The molecular formula is C21H26N4O4. The van der Waals surface area contributed by atoms with Gasteiger partial charge in [-0.15, -0.1) is 0 Å². The van der Waals surface area contributed by atoms with Crippen molar-refractivity contribution in [1.29, 1.82) is 0 Å². The zero-order chi connectivity index (χ0) is 20.5. The highest BCUT2D eigenvalue weighted by molar-refractivity contribution is 6.24. The van der Waals surface area contributed by atoms with Gasteiger partial charge in [-0.05, 0) is 44.0 Å². The van der Waals surface area contributed by atoms with Crippen LogP contribution in [0, 0.1) is 0 Å². The summed E-state index contributed by atoms with van der Waals surface area (Å²) in [5.74, 6) is -1.85. The third-order valence-corrected chi connectivity index (χ3v) is 6.12. The summed E-state index contributed by atoms with van der Waals surface area (Å²) in [6, 6.07) is 4.78. The zero-order valence-electron chi connectivity index (χ0n) is 16.6. The molecule has 0 aliphatic carbocycles. The summed E-state index contributed by atoms with van der Waals surface area (Å²) in [5.41, 5.74) is 1.54. The van der Waals surface area contributed by atoms with Gasteiger partial charge >= 0.3 is 0 Å². The molecule has 8 nitrogen and oxygen atoms in total. The minimum Gasteiger partial charge on any atom is -0.315 e. The van der Waals surface area contributed by atoms with Crippen LogP contribution < -0.4 is 10.6 Å². The molecule has 2 atom stereocenters. The fraction of sp³-hybridized carbons (Fsp3) is 0.524. The number of likely N-dealkylation sites (N-methyl/N-ethyl adjacent to an activating group) is 1. The molecule has 8 heteroatoms. The second-order valence-electron chi connectivity index (χ2n) is 7.85. The van der Waals surface area contributed by atoms with Crippen LogP contribution in [0.15, 0.2) is 18.2 Å². The maximum absolute atomic E-state index is 13.2. The van der Waals surface area contributed by atoms with Gasteiger partial charge in [-0.25, -0.2) is 0 Å². The Balaban J connectivity index is 1.60. The molecule has 4 amide bonds. The molecule has 0 saturated carbocycles. The number of piperidine rings is 2. The van der Waals surface area contributed by atoms with Crippen molar-refractivity contribution in [1.82, 2.24) is 20.4 Å². The molecule has 3 aliphatic rings. The Hall–Kier alpha value is -2.58. The molecule has 2 N–H and O–H groups in total. The minimum absolute atomic E-state index is 0.120. The first kappa shape index (κ1) is 19.7. The second-order valence-corrected chi connectivity index (χ2v) is 7.85. The molecule has 4 rings (SSSR count). The summed E-state index contributed by atoms with van der Waals surface area (Å²) in [6.07, 6.45) is 2.51. The molecule has 0 spiro atoms. The zero-order valence-corrected chi connectivity index (χ0v) is 16.6. The number of rotatable bonds is 5.